The highest BCUT2D eigenvalue weighted by molar-refractivity contribution is 9.10. The summed E-state index contributed by atoms with van der Waals surface area (Å²) < 4.78 is 28.1. The molecule has 140 valence electrons. The van der Waals surface area contributed by atoms with E-state index in [0.717, 1.165) is 40.2 Å². The van der Waals surface area contributed by atoms with Gasteiger partial charge < -0.3 is 29.0 Å². The van der Waals surface area contributed by atoms with E-state index in [0.29, 0.717) is 24.7 Å². The summed E-state index contributed by atoms with van der Waals surface area (Å²) in [4.78, 5) is 0. The second-order valence-electron chi connectivity index (χ2n) is 5.75. The molecular formula is C19H22BrNO5. The largest absolute Gasteiger partial charge is 0.493 e. The third-order valence-corrected chi connectivity index (χ3v) is 4.51. The smallest absolute Gasteiger partial charge is 0.231 e. The van der Waals surface area contributed by atoms with Crippen LogP contribution in [0.2, 0.25) is 0 Å². The van der Waals surface area contributed by atoms with Gasteiger partial charge in [-0.05, 0) is 51.3 Å². The van der Waals surface area contributed by atoms with Crippen molar-refractivity contribution >= 4 is 15.9 Å². The van der Waals surface area contributed by atoms with E-state index in [1.807, 2.05) is 30.3 Å². The molecule has 0 unspecified atom stereocenters. The number of hydrogen-bond acceptors (Lipinski definition) is 6. The number of rotatable bonds is 9. The van der Waals surface area contributed by atoms with E-state index < -0.39 is 0 Å². The van der Waals surface area contributed by atoms with Crippen molar-refractivity contribution in [2.45, 2.75) is 13.2 Å². The Morgan fingerprint density at radius 3 is 2.73 bits per heavy atom. The van der Waals surface area contributed by atoms with Crippen LogP contribution in [0.1, 0.15) is 11.1 Å². The zero-order valence-corrected chi connectivity index (χ0v) is 16.4. The van der Waals surface area contributed by atoms with Crippen LogP contribution in [0.25, 0.3) is 0 Å². The summed E-state index contributed by atoms with van der Waals surface area (Å²) in [6.45, 7) is 2.85. The van der Waals surface area contributed by atoms with Gasteiger partial charge in [0.05, 0.1) is 18.2 Å². The molecule has 1 heterocycles. The Balaban J connectivity index is 1.67. The Morgan fingerprint density at radius 2 is 1.92 bits per heavy atom. The first-order valence-corrected chi connectivity index (χ1v) is 9.08. The molecule has 26 heavy (non-hydrogen) atoms. The van der Waals surface area contributed by atoms with Crippen LogP contribution >= 0.6 is 15.9 Å². The minimum atomic E-state index is 0.263. The third kappa shape index (κ3) is 4.60. The molecule has 1 aliphatic heterocycles. The predicted molar refractivity (Wildman–Crippen MR) is 101 cm³/mol. The molecule has 0 spiro atoms. The highest BCUT2D eigenvalue weighted by Gasteiger charge is 2.15. The molecule has 3 rings (SSSR count). The summed E-state index contributed by atoms with van der Waals surface area (Å²) >= 11 is 3.58. The van der Waals surface area contributed by atoms with Crippen molar-refractivity contribution in [2.75, 3.05) is 34.2 Å². The number of benzene rings is 2. The van der Waals surface area contributed by atoms with Gasteiger partial charge in [-0.3, -0.25) is 0 Å². The van der Waals surface area contributed by atoms with Crippen LogP contribution < -0.4 is 24.3 Å². The monoisotopic (exact) mass is 423 g/mol. The van der Waals surface area contributed by atoms with Crippen molar-refractivity contribution < 1.29 is 23.7 Å². The molecule has 1 N–H and O–H groups in total. The maximum absolute atomic E-state index is 5.99. The molecule has 0 saturated heterocycles. The van der Waals surface area contributed by atoms with Gasteiger partial charge >= 0.3 is 0 Å². The van der Waals surface area contributed by atoms with Crippen molar-refractivity contribution in [1.29, 1.82) is 0 Å². The first-order chi connectivity index (χ1) is 12.7. The molecule has 1 aliphatic rings. The Hall–Kier alpha value is -1.96. The van der Waals surface area contributed by atoms with Crippen LogP contribution in [0.3, 0.4) is 0 Å². The fourth-order valence-corrected chi connectivity index (χ4v) is 3.21. The van der Waals surface area contributed by atoms with E-state index in [2.05, 4.69) is 21.2 Å². The van der Waals surface area contributed by atoms with Crippen LogP contribution in [0, 0.1) is 0 Å². The molecule has 0 fully saturated rings. The average molecular weight is 424 g/mol. The van der Waals surface area contributed by atoms with Crippen LogP contribution in [-0.2, 0) is 17.9 Å². The molecule has 2 aromatic carbocycles. The van der Waals surface area contributed by atoms with Crippen molar-refractivity contribution in [3.63, 3.8) is 0 Å². The Bertz CT molecular complexity index is 753. The standard InChI is InChI=1S/C19H22BrNO5/c1-22-6-5-21-10-14-7-15(20)19(18(9-14)23-2)24-11-13-3-4-16-17(8-13)26-12-25-16/h3-4,7-9,21H,5-6,10-12H2,1-2H3. The quantitative estimate of drug-likeness (QED) is 0.622. The molecule has 0 amide bonds. The fourth-order valence-electron chi connectivity index (χ4n) is 2.61. The molecule has 2 aromatic rings. The molecular weight excluding hydrogens is 402 g/mol. The van der Waals surface area contributed by atoms with Crippen molar-refractivity contribution in [2.24, 2.45) is 0 Å². The maximum atomic E-state index is 5.99. The van der Waals surface area contributed by atoms with Gasteiger partial charge in [0.25, 0.3) is 0 Å². The lowest BCUT2D eigenvalue weighted by atomic mass is 10.2. The van der Waals surface area contributed by atoms with Gasteiger partial charge in [0.15, 0.2) is 23.0 Å². The maximum Gasteiger partial charge on any atom is 0.231 e. The van der Waals surface area contributed by atoms with E-state index >= 15 is 0 Å². The SMILES string of the molecule is COCCNCc1cc(Br)c(OCc2ccc3c(c2)OCO3)c(OC)c1. The summed E-state index contributed by atoms with van der Waals surface area (Å²) in [5, 5.41) is 3.31. The summed E-state index contributed by atoms with van der Waals surface area (Å²) in [6.07, 6.45) is 0. The number of ether oxygens (including phenoxy) is 5. The highest BCUT2D eigenvalue weighted by Crippen LogP contribution is 2.38. The van der Waals surface area contributed by atoms with E-state index in [1.165, 1.54) is 0 Å². The zero-order valence-electron chi connectivity index (χ0n) is 14.8. The highest BCUT2D eigenvalue weighted by atomic mass is 79.9. The first-order valence-electron chi connectivity index (χ1n) is 8.28. The molecule has 0 radical (unpaired) electrons. The minimum absolute atomic E-state index is 0.263. The number of hydrogen-bond donors (Lipinski definition) is 1. The van der Waals surface area contributed by atoms with Gasteiger partial charge in [-0.25, -0.2) is 0 Å². The summed E-state index contributed by atoms with van der Waals surface area (Å²) in [5.41, 5.74) is 2.09. The molecule has 0 bridgehead atoms. The Morgan fingerprint density at radius 1 is 1.08 bits per heavy atom. The van der Waals surface area contributed by atoms with Crippen LogP contribution in [-0.4, -0.2) is 34.2 Å². The van der Waals surface area contributed by atoms with Crippen molar-refractivity contribution in [3.05, 3.63) is 45.9 Å². The van der Waals surface area contributed by atoms with Gasteiger partial charge in [0, 0.05) is 20.2 Å². The first kappa shape index (κ1) is 18.8. The number of methoxy groups -OCH3 is 2. The molecule has 0 aromatic heterocycles. The second-order valence-corrected chi connectivity index (χ2v) is 6.61. The van der Waals surface area contributed by atoms with Crippen molar-refractivity contribution in [3.8, 4) is 23.0 Å². The lowest BCUT2D eigenvalue weighted by Gasteiger charge is -2.15. The van der Waals surface area contributed by atoms with Gasteiger partial charge in [-0.1, -0.05) is 6.07 Å². The van der Waals surface area contributed by atoms with E-state index in [4.69, 9.17) is 23.7 Å². The number of nitrogens with one attached hydrogen (secondary N) is 1. The topological polar surface area (TPSA) is 58.2 Å². The average Bonchev–Trinajstić information content (AvgIpc) is 3.11. The van der Waals surface area contributed by atoms with Gasteiger partial charge in [-0.15, -0.1) is 0 Å². The normalized spacial score (nSPS) is 12.3. The lowest BCUT2D eigenvalue weighted by Crippen LogP contribution is -2.18. The molecule has 6 nitrogen and oxygen atoms in total. The Labute approximate surface area is 161 Å². The van der Waals surface area contributed by atoms with Gasteiger partial charge in [0.1, 0.15) is 6.61 Å². The lowest BCUT2D eigenvalue weighted by molar-refractivity contribution is 0.174. The van der Waals surface area contributed by atoms with E-state index in [1.54, 1.807) is 14.2 Å². The molecule has 0 saturated carbocycles. The minimum Gasteiger partial charge on any atom is -0.493 e. The molecule has 0 aliphatic carbocycles. The van der Waals surface area contributed by atoms with Crippen molar-refractivity contribution in [1.82, 2.24) is 5.32 Å². The van der Waals surface area contributed by atoms with Crippen LogP contribution in [0.4, 0.5) is 0 Å². The van der Waals surface area contributed by atoms with Crippen LogP contribution in [0.5, 0.6) is 23.0 Å². The third-order valence-electron chi connectivity index (χ3n) is 3.92. The summed E-state index contributed by atoms with van der Waals surface area (Å²) in [5.74, 6) is 2.86. The summed E-state index contributed by atoms with van der Waals surface area (Å²) in [7, 11) is 3.32. The predicted octanol–water partition coefficient (Wildman–Crippen LogP) is 3.50. The molecule has 7 heteroatoms. The fraction of sp³-hybridized carbons (Fsp3) is 0.368. The summed E-state index contributed by atoms with van der Waals surface area (Å²) in [6, 6.07) is 9.78. The van der Waals surface area contributed by atoms with Gasteiger partial charge in [-0.2, -0.15) is 0 Å². The molecule has 0 atom stereocenters. The number of fused-ring (bicyclic) bond motifs is 1. The number of halogens is 1. The van der Waals surface area contributed by atoms with E-state index in [9.17, 15) is 0 Å². The zero-order chi connectivity index (χ0) is 18.4. The van der Waals surface area contributed by atoms with Crippen LogP contribution in [0.15, 0.2) is 34.8 Å². The second kappa shape index (κ2) is 9.12. The van der Waals surface area contributed by atoms with E-state index in [-0.39, 0.29) is 6.79 Å². The van der Waals surface area contributed by atoms with Gasteiger partial charge in [0.2, 0.25) is 6.79 Å². The Kier molecular flexibility index (Phi) is 6.60.